The van der Waals surface area contributed by atoms with Crippen molar-refractivity contribution in [2.75, 3.05) is 38.9 Å². The molecule has 0 saturated carbocycles. The van der Waals surface area contributed by atoms with Crippen LogP contribution >= 0.6 is 23.5 Å². The lowest BCUT2D eigenvalue weighted by molar-refractivity contribution is -0.130. The van der Waals surface area contributed by atoms with Gasteiger partial charge in [0, 0.05) is 46.0 Å². The number of fused-ring (bicyclic) bond motifs is 2. The molecule has 0 bridgehead atoms. The standard InChI is InChI=1S/2C21H21NO4S.CH4/c2*1-25-17-7-8-18-15(13-27-19(18)11-17)10-20(23)22-16(12-26-21(22)24)9-14-5-3-2-4-6-14;/h2*2-8,11,15-16H,9-10,12-13H2,1H3;1H4/t15-,16+;15-,16-;/m10./s1. The van der Waals surface area contributed by atoms with Crippen molar-refractivity contribution < 1.29 is 38.1 Å². The fourth-order valence-electron chi connectivity index (χ4n) is 7.33. The van der Waals surface area contributed by atoms with Gasteiger partial charge in [0.2, 0.25) is 11.8 Å². The monoisotopic (exact) mass is 782 g/mol. The largest absolute Gasteiger partial charge is 0.497 e. The molecule has 0 radical (unpaired) electrons. The minimum atomic E-state index is -0.526. The van der Waals surface area contributed by atoms with Crippen LogP contribution in [0.1, 0.15) is 54.4 Å². The predicted octanol–water partition coefficient (Wildman–Crippen LogP) is 8.37. The molecule has 8 rings (SSSR count). The molecule has 0 spiro atoms. The number of amides is 4. The van der Waals surface area contributed by atoms with Crippen molar-refractivity contribution in [3.05, 3.63) is 119 Å². The lowest BCUT2D eigenvalue weighted by Crippen LogP contribution is -2.40. The Kier molecular flexibility index (Phi) is 13.1. The number of cyclic esters (lactones) is 2. The second-order valence-corrected chi connectivity index (χ2v) is 15.7. The van der Waals surface area contributed by atoms with Crippen LogP contribution < -0.4 is 9.47 Å². The molecular formula is C43H46N2O8S2. The zero-order valence-corrected chi connectivity index (χ0v) is 31.8. The third kappa shape index (κ3) is 9.13. The summed E-state index contributed by atoms with van der Waals surface area (Å²) in [4.78, 5) is 55.2. The molecule has 4 aromatic carbocycles. The third-order valence-electron chi connectivity index (χ3n) is 10.1. The maximum atomic E-state index is 12.9. The number of hydrogen-bond acceptors (Lipinski definition) is 10. The normalized spacial score (nSPS) is 20.7. The summed E-state index contributed by atoms with van der Waals surface area (Å²) in [5.74, 6) is 3.20. The van der Waals surface area contributed by atoms with Gasteiger partial charge in [0.1, 0.15) is 24.7 Å². The first-order chi connectivity index (χ1) is 26.3. The lowest BCUT2D eigenvalue weighted by Gasteiger charge is -2.21. The van der Waals surface area contributed by atoms with E-state index in [2.05, 4.69) is 0 Å². The van der Waals surface area contributed by atoms with Gasteiger partial charge in [0.15, 0.2) is 0 Å². The molecule has 0 unspecified atom stereocenters. The van der Waals surface area contributed by atoms with Crippen molar-refractivity contribution in [1.82, 2.24) is 9.80 Å². The van der Waals surface area contributed by atoms with E-state index in [9.17, 15) is 19.2 Å². The highest BCUT2D eigenvalue weighted by molar-refractivity contribution is 7.99. The summed E-state index contributed by atoms with van der Waals surface area (Å²) in [6.45, 7) is 0.513. The number of methoxy groups -OCH3 is 2. The topological polar surface area (TPSA) is 112 Å². The molecule has 0 aromatic heterocycles. The maximum Gasteiger partial charge on any atom is 0.416 e. The molecule has 12 heteroatoms. The van der Waals surface area contributed by atoms with Gasteiger partial charge in [-0.2, -0.15) is 0 Å². The highest BCUT2D eigenvalue weighted by atomic mass is 32.2. The van der Waals surface area contributed by atoms with Gasteiger partial charge in [0.25, 0.3) is 0 Å². The number of carbonyl (C=O) groups is 4. The predicted molar refractivity (Wildman–Crippen MR) is 213 cm³/mol. The van der Waals surface area contributed by atoms with E-state index in [1.165, 1.54) is 9.80 Å². The summed E-state index contributed by atoms with van der Waals surface area (Å²) in [7, 11) is 3.29. The van der Waals surface area contributed by atoms with E-state index in [0.29, 0.717) is 25.7 Å². The van der Waals surface area contributed by atoms with Crippen molar-refractivity contribution in [1.29, 1.82) is 0 Å². The molecule has 4 aliphatic heterocycles. The van der Waals surface area contributed by atoms with Crippen LogP contribution in [0.15, 0.2) is 107 Å². The number of rotatable bonds is 10. The number of carbonyl (C=O) groups excluding carboxylic acids is 4. The number of thioether (sulfide) groups is 2. The number of nitrogens with zero attached hydrogens (tertiary/aromatic N) is 2. The second-order valence-electron chi connectivity index (χ2n) is 13.6. The molecule has 4 aromatic rings. The van der Waals surface area contributed by atoms with E-state index < -0.39 is 12.2 Å². The van der Waals surface area contributed by atoms with Gasteiger partial charge in [-0.3, -0.25) is 9.59 Å². The average molecular weight is 783 g/mol. The Labute approximate surface area is 330 Å². The fourth-order valence-corrected chi connectivity index (χ4v) is 9.89. The van der Waals surface area contributed by atoms with E-state index >= 15 is 0 Å². The zero-order chi connectivity index (χ0) is 37.6. The highest BCUT2D eigenvalue weighted by Crippen LogP contribution is 2.44. The van der Waals surface area contributed by atoms with Crippen LogP contribution in [0, 0.1) is 0 Å². The summed E-state index contributed by atoms with van der Waals surface area (Å²) in [5.41, 5.74) is 4.49. The summed E-state index contributed by atoms with van der Waals surface area (Å²) in [6, 6.07) is 31.2. The van der Waals surface area contributed by atoms with Crippen LogP contribution in [0.25, 0.3) is 0 Å². The lowest BCUT2D eigenvalue weighted by atomic mass is 9.96. The van der Waals surface area contributed by atoms with E-state index in [4.69, 9.17) is 18.9 Å². The Morgan fingerprint density at radius 3 is 1.42 bits per heavy atom. The first-order valence-electron chi connectivity index (χ1n) is 18.0. The Balaban J connectivity index is 0.000000184. The van der Waals surface area contributed by atoms with Crippen molar-refractivity contribution >= 4 is 47.5 Å². The Hall–Kier alpha value is -4.94. The molecular weight excluding hydrogens is 737 g/mol. The van der Waals surface area contributed by atoms with Crippen molar-refractivity contribution in [3.63, 3.8) is 0 Å². The molecule has 4 amide bonds. The highest BCUT2D eigenvalue weighted by Gasteiger charge is 2.41. The Morgan fingerprint density at radius 2 is 1.04 bits per heavy atom. The van der Waals surface area contributed by atoms with Crippen molar-refractivity contribution in [3.8, 4) is 11.5 Å². The summed E-state index contributed by atoms with van der Waals surface area (Å²) >= 11 is 3.45. The van der Waals surface area contributed by atoms with E-state index in [-0.39, 0.29) is 56.4 Å². The molecule has 0 aliphatic carbocycles. The van der Waals surface area contributed by atoms with Gasteiger partial charge in [-0.1, -0.05) is 80.2 Å². The van der Waals surface area contributed by atoms with Crippen LogP contribution in [0.3, 0.4) is 0 Å². The SMILES string of the molecule is C.COc1ccc2c(c1)SC[C@@H]2CC(=O)N1C(=O)OC[C@@H]1Cc1ccccc1.COc1ccc2c(c1)SC[C@H]2CC(=O)N1C(=O)OC[C@@H]1Cc1ccccc1. The smallest absolute Gasteiger partial charge is 0.416 e. The quantitative estimate of drug-likeness (QED) is 0.156. The number of hydrogen-bond donors (Lipinski definition) is 0. The van der Waals surface area contributed by atoms with Crippen LogP contribution in [0.2, 0.25) is 0 Å². The van der Waals surface area contributed by atoms with Crippen molar-refractivity contribution in [2.45, 2.75) is 66.8 Å². The van der Waals surface area contributed by atoms with Gasteiger partial charge >= 0.3 is 12.2 Å². The van der Waals surface area contributed by atoms with Gasteiger partial charge in [-0.05, 0) is 59.4 Å². The molecule has 4 aliphatic rings. The Morgan fingerprint density at radius 1 is 0.636 bits per heavy atom. The summed E-state index contributed by atoms with van der Waals surface area (Å²) < 4.78 is 20.9. The van der Waals surface area contributed by atoms with Gasteiger partial charge in [-0.25, -0.2) is 19.4 Å². The maximum absolute atomic E-state index is 12.9. The molecule has 10 nitrogen and oxygen atoms in total. The molecule has 55 heavy (non-hydrogen) atoms. The zero-order valence-electron chi connectivity index (χ0n) is 30.2. The molecule has 288 valence electrons. The van der Waals surface area contributed by atoms with Gasteiger partial charge in [0.05, 0.1) is 26.3 Å². The van der Waals surface area contributed by atoms with Gasteiger partial charge < -0.3 is 18.9 Å². The molecule has 2 fully saturated rings. The minimum Gasteiger partial charge on any atom is -0.497 e. The third-order valence-corrected chi connectivity index (χ3v) is 12.6. The first-order valence-corrected chi connectivity index (χ1v) is 19.9. The Bertz CT molecular complexity index is 1850. The van der Waals surface area contributed by atoms with Crippen LogP contribution in [-0.4, -0.2) is 84.8 Å². The molecule has 0 N–H and O–H groups in total. The van der Waals surface area contributed by atoms with E-state index in [1.54, 1.807) is 37.7 Å². The fraction of sp³-hybridized carbons (Fsp3) is 0.349. The van der Waals surface area contributed by atoms with E-state index in [0.717, 1.165) is 55.0 Å². The first kappa shape index (κ1) is 39.7. The molecule has 2 saturated heterocycles. The number of ether oxygens (including phenoxy) is 4. The van der Waals surface area contributed by atoms with Gasteiger partial charge in [-0.15, -0.1) is 23.5 Å². The number of benzene rings is 4. The molecule has 4 heterocycles. The van der Waals surface area contributed by atoms with Crippen LogP contribution in [-0.2, 0) is 31.9 Å². The van der Waals surface area contributed by atoms with Crippen LogP contribution in [0.4, 0.5) is 9.59 Å². The number of imide groups is 2. The van der Waals surface area contributed by atoms with E-state index in [1.807, 2.05) is 97.1 Å². The minimum absolute atomic E-state index is 0. The average Bonchev–Trinajstić information content (AvgIpc) is 3.98. The second kappa shape index (κ2) is 18.1. The summed E-state index contributed by atoms with van der Waals surface area (Å²) in [6.07, 6.45) is 0.805. The van der Waals surface area contributed by atoms with Crippen molar-refractivity contribution in [2.24, 2.45) is 0 Å². The molecule has 4 atom stereocenters. The van der Waals surface area contributed by atoms with Crippen LogP contribution in [0.5, 0.6) is 11.5 Å². The summed E-state index contributed by atoms with van der Waals surface area (Å²) in [5, 5.41) is 0.